The van der Waals surface area contributed by atoms with Gasteiger partial charge in [-0.2, -0.15) is 0 Å². The van der Waals surface area contributed by atoms with Crippen molar-refractivity contribution in [1.29, 1.82) is 0 Å². The lowest BCUT2D eigenvalue weighted by atomic mass is 10.1. The summed E-state index contributed by atoms with van der Waals surface area (Å²) in [7, 11) is 4.94. The Morgan fingerprint density at radius 1 is 1.00 bits per heavy atom. The fourth-order valence-electron chi connectivity index (χ4n) is 2.14. The number of rotatable bonds is 7. The first kappa shape index (κ1) is 15.7. The Hall–Kier alpha value is -1.72. The number of ether oxygens (including phenoxy) is 3. The Morgan fingerprint density at radius 3 is 2.14 bits per heavy atom. The SMILES string of the molecule is COc1cc(OC)c(CNCc2sccc2C)c(OC)c1. The number of benzene rings is 1. The van der Waals surface area contributed by atoms with Crippen LogP contribution in [0.25, 0.3) is 0 Å². The summed E-state index contributed by atoms with van der Waals surface area (Å²) in [5.41, 5.74) is 2.32. The minimum atomic E-state index is 0.674. The number of methoxy groups -OCH3 is 3. The van der Waals surface area contributed by atoms with Gasteiger partial charge in [-0.15, -0.1) is 11.3 Å². The van der Waals surface area contributed by atoms with Gasteiger partial charge in [-0.3, -0.25) is 0 Å². The van der Waals surface area contributed by atoms with Gasteiger partial charge < -0.3 is 19.5 Å². The standard InChI is InChI=1S/C16H21NO3S/c1-11-5-6-21-16(11)10-17-9-13-14(19-3)7-12(18-2)8-15(13)20-4/h5-8,17H,9-10H2,1-4H3. The van der Waals surface area contributed by atoms with Crippen LogP contribution in [0.3, 0.4) is 0 Å². The molecule has 0 atom stereocenters. The summed E-state index contributed by atoms with van der Waals surface area (Å²) in [4.78, 5) is 1.35. The van der Waals surface area contributed by atoms with E-state index in [9.17, 15) is 0 Å². The van der Waals surface area contributed by atoms with E-state index in [1.54, 1.807) is 32.7 Å². The van der Waals surface area contributed by atoms with Crippen LogP contribution in [0.15, 0.2) is 23.6 Å². The second kappa shape index (κ2) is 7.33. The van der Waals surface area contributed by atoms with Gasteiger partial charge in [0, 0.05) is 30.1 Å². The van der Waals surface area contributed by atoms with Crippen molar-refractivity contribution in [2.24, 2.45) is 0 Å². The van der Waals surface area contributed by atoms with Crippen molar-refractivity contribution in [2.45, 2.75) is 20.0 Å². The lowest BCUT2D eigenvalue weighted by molar-refractivity contribution is 0.366. The van der Waals surface area contributed by atoms with Crippen molar-refractivity contribution in [3.05, 3.63) is 39.6 Å². The Balaban J connectivity index is 2.13. The molecule has 2 rings (SSSR count). The summed E-state index contributed by atoms with van der Waals surface area (Å²) < 4.78 is 16.1. The third-order valence-electron chi connectivity index (χ3n) is 3.37. The van der Waals surface area contributed by atoms with Crippen LogP contribution in [-0.4, -0.2) is 21.3 Å². The van der Waals surface area contributed by atoms with Crippen LogP contribution in [0.5, 0.6) is 17.2 Å². The van der Waals surface area contributed by atoms with E-state index in [0.717, 1.165) is 29.4 Å². The molecule has 0 saturated carbocycles. The van der Waals surface area contributed by atoms with Crippen LogP contribution in [0.4, 0.5) is 0 Å². The molecule has 0 saturated heterocycles. The van der Waals surface area contributed by atoms with Crippen LogP contribution >= 0.6 is 11.3 Å². The maximum absolute atomic E-state index is 5.44. The molecule has 0 unspecified atom stereocenters. The third-order valence-corrected chi connectivity index (χ3v) is 4.40. The predicted octanol–water partition coefficient (Wildman–Crippen LogP) is 3.37. The molecule has 0 aliphatic heterocycles. The molecule has 0 amide bonds. The molecule has 0 spiro atoms. The molecule has 1 aromatic heterocycles. The van der Waals surface area contributed by atoms with Gasteiger partial charge in [-0.05, 0) is 23.9 Å². The van der Waals surface area contributed by atoms with Crippen molar-refractivity contribution in [3.63, 3.8) is 0 Å². The van der Waals surface area contributed by atoms with E-state index < -0.39 is 0 Å². The van der Waals surface area contributed by atoms with Gasteiger partial charge in [-0.25, -0.2) is 0 Å². The Labute approximate surface area is 129 Å². The molecule has 0 aliphatic carbocycles. The molecular weight excluding hydrogens is 286 g/mol. The van der Waals surface area contributed by atoms with Gasteiger partial charge in [0.2, 0.25) is 0 Å². The average molecular weight is 307 g/mol. The summed E-state index contributed by atoms with van der Waals surface area (Å²) >= 11 is 1.77. The topological polar surface area (TPSA) is 39.7 Å². The minimum Gasteiger partial charge on any atom is -0.496 e. The summed E-state index contributed by atoms with van der Waals surface area (Å²) in [6, 6.07) is 5.88. The van der Waals surface area contributed by atoms with Gasteiger partial charge >= 0.3 is 0 Å². The van der Waals surface area contributed by atoms with Gasteiger partial charge in [0.15, 0.2) is 0 Å². The first-order chi connectivity index (χ1) is 10.2. The van der Waals surface area contributed by atoms with Gasteiger partial charge in [-0.1, -0.05) is 0 Å². The Bertz CT molecular complexity index is 570. The van der Waals surface area contributed by atoms with Gasteiger partial charge in [0.05, 0.1) is 26.9 Å². The normalized spacial score (nSPS) is 10.5. The highest BCUT2D eigenvalue weighted by Gasteiger charge is 2.13. The molecule has 21 heavy (non-hydrogen) atoms. The van der Waals surface area contributed by atoms with E-state index in [2.05, 4.69) is 23.7 Å². The lowest BCUT2D eigenvalue weighted by Gasteiger charge is -2.15. The van der Waals surface area contributed by atoms with Crippen molar-refractivity contribution >= 4 is 11.3 Å². The van der Waals surface area contributed by atoms with E-state index in [0.29, 0.717) is 6.54 Å². The molecule has 0 fully saturated rings. The number of aryl methyl sites for hydroxylation is 1. The number of thiophene rings is 1. The highest BCUT2D eigenvalue weighted by molar-refractivity contribution is 7.10. The molecule has 1 N–H and O–H groups in total. The van der Waals surface area contributed by atoms with Gasteiger partial charge in [0.1, 0.15) is 17.2 Å². The molecular formula is C16H21NO3S. The number of hydrogen-bond acceptors (Lipinski definition) is 5. The average Bonchev–Trinajstić information content (AvgIpc) is 2.92. The quantitative estimate of drug-likeness (QED) is 0.851. The maximum Gasteiger partial charge on any atom is 0.130 e. The van der Waals surface area contributed by atoms with E-state index in [4.69, 9.17) is 14.2 Å². The Morgan fingerprint density at radius 2 is 1.67 bits per heavy atom. The monoisotopic (exact) mass is 307 g/mol. The van der Waals surface area contributed by atoms with E-state index >= 15 is 0 Å². The largest absolute Gasteiger partial charge is 0.496 e. The summed E-state index contributed by atoms with van der Waals surface area (Å²) in [6.45, 7) is 3.64. The second-order valence-electron chi connectivity index (χ2n) is 4.64. The lowest BCUT2D eigenvalue weighted by Crippen LogP contribution is -2.14. The molecule has 5 heteroatoms. The summed E-state index contributed by atoms with van der Waals surface area (Å²) in [6.07, 6.45) is 0. The smallest absolute Gasteiger partial charge is 0.130 e. The first-order valence-corrected chi connectivity index (χ1v) is 7.60. The van der Waals surface area contributed by atoms with Crippen molar-refractivity contribution < 1.29 is 14.2 Å². The molecule has 0 bridgehead atoms. The van der Waals surface area contributed by atoms with Crippen LogP contribution < -0.4 is 19.5 Å². The fourth-order valence-corrected chi connectivity index (χ4v) is 3.01. The zero-order valence-electron chi connectivity index (χ0n) is 12.9. The van der Waals surface area contributed by atoms with Crippen LogP contribution in [0.2, 0.25) is 0 Å². The molecule has 114 valence electrons. The molecule has 1 aromatic carbocycles. The highest BCUT2D eigenvalue weighted by Crippen LogP contribution is 2.34. The van der Waals surface area contributed by atoms with Crippen LogP contribution in [-0.2, 0) is 13.1 Å². The molecule has 0 aliphatic rings. The van der Waals surface area contributed by atoms with E-state index in [1.807, 2.05) is 12.1 Å². The van der Waals surface area contributed by atoms with Gasteiger partial charge in [0.25, 0.3) is 0 Å². The molecule has 0 radical (unpaired) electrons. The number of nitrogens with one attached hydrogen (secondary N) is 1. The third kappa shape index (κ3) is 3.68. The summed E-state index contributed by atoms with van der Waals surface area (Å²) in [5.74, 6) is 2.25. The maximum atomic E-state index is 5.44. The highest BCUT2D eigenvalue weighted by atomic mass is 32.1. The second-order valence-corrected chi connectivity index (χ2v) is 5.64. The molecule has 2 aromatic rings. The molecule has 1 heterocycles. The van der Waals surface area contributed by atoms with E-state index in [-0.39, 0.29) is 0 Å². The van der Waals surface area contributed by atoms with E-state index in [1.165, 1.54) is 10.4 Å². The van der Waals surface area contributed by atoms with Crippen molar-refractivity contribution in [3.8, 4) is 17.2 Å². The predicted molar refractivity (Wildman–Crippen MR) is 85.7 cm³/mol. The first-order valence-electron chi connectivity index (χ1n) is 6.72. The van der Waals surface area contributed by atoms with Crippen LogP contribution in [0.1, 0.15) is 16.0 Å². The fraction of sp³-hybridized carbons (Fsp3) is 0.375. The van der Waals surface area contributed by atoms with Crippen molar-refractivity contribution in [1.82, 2.24) is 5.32 Å². The summed E-state index contributed by atoms with van der Waals surface area (Å²) in [5, 5.41) is 5.55. The number of hydrogen-bond donors (Lipinski definition) is 1. The van der Waals surface area contributed by atoms with Crippen molar-refractivity contribution in [2.75, 3.05) is 21.3 Å². The van der Waals surface area contributed by atoms with Crippen LogP contribution in [0, 0.1) is 6.92 Å². The zero-order chi connectivity index (χ0) is 15.2. The Kier molecular flexibility index (Phi) is 5.47. The molecule has 4 nitrogen and oxygen atoms in total. The zero-order valence-corrected chi connectivity index (χ0v) is 13.7. The minimum absolute atomic E-state index is 0.674.